The van der Waals surface area contributed by atoms with E-state index in [1.165, 1.54) is 31.9 Å². The molecule has 3 N–H and O–H groups in total. The number of rotatable bonds is 12. The fourth-order valence-electron chi connectivity index (χ4n) is 2.12. The van der Waals surface area contributed by atoms with Crippen molar-refractivity contribution in [2.75, 3.05) is 32.4 Å². The standard InChI is InChI=1S/C16H36N4O2S/c1-6-8-9-11-16(3,4)14-19-15(17-7-2)18-12-10-13-20-23(5,21)22/h20H,6-14H2,1-5H3,(H2,17,18,19). The van der Waals surface area contributed by atoms with Gasteiger partial charge < -0.3 is 10.6 Å². The lowest BCUT2D eigenvalue weighted by atomic mass is 9.87. The number of hydrogen-bond donors (Lipinski definition) is 3. The summed E-state index contributed by atoms with van der Waals surface area (Å²) in [5.74, 6) is 0.801. The lowest BCUT2D eigenvalue weighted by molar-refractivity contribution is 0.332. The molecule has 0 saturated carbocycles. The topological polar surface area (TPSA) is 82.6 Å². The second kappa shape index (κ2) is 11.7. The maximum atomic E-state index is 11.0. The zero-order valence-corrected chi connectivity index (χ0v) is 16.4. The lowest BCUT2D eigenvalue weighted by Crippen LogP contribution is -2.39. The Kier molecular flexibility index (Phi) is 11.3. The number of unbranched alkanes of at least 4 members (excludes halogenated alkanes) is 2. The molecule has 0 aliphatic carbocycles. The molecule has 6 nitrogen and oxygen atoms in total. The van der Waals surface area contributed by atoms with E-state index in [2.05, 4.69) is 41.1 Å². The van der Waals surface area contributed by atoms with E-state index >= 15 is 0 Å². The Hall–Kier alpha value is -0.820. The summed E-state index contributed by atoms with van der Waals surface area (Å²) >= 11 is 0. The van der Waals surface area contributed by atoms with Crippen LogP contribution < -0.4 is 15.4 Å². The molecule has 0 aromatic rings. The molecule has 0 rings (SSSR count). The minimum atomic E-state index is -3.10. The van der Waals surface area contributed by atoms with E-state index in [0.717, 1.165) is 25.5 Å². The summed E-state index contributed by atoms with van der Waals surface area (Å²) in [4.78, 5) is 4.67. The van der Waals surface area contributed by atoms with Crippen LogP contribution in [-0.2, 0) is 10.0 Å². The van der Waals surface area contributed by atoms with Crippen LogP contribution in [0.4, 0.5) is 0 Å². The third kappa shape index (κ3) is 14.5. The zero-order chi connectivity index (χ0) is 17.8. The summed E-state index contributed by atoms with van der Waals surface area (Å²) < 4.78 is 24.5. The molecule has 0 aromatic heterocycles. The Balaban J connectivity index is 4.21. The number of guanidine groups is 1. The van der Waals surface area contributed by atoms with Crippen molar-refractivity contribution in [1.82, 2.24) is 15.4 Å². The molecule has 0 radical (unpaired) electrons. The molecule has 138 valence electrons. The molecule has 0 fully saturated rings. The van der Waals surface area contributed by atoms with Crippen molar-refractivity contribution >= 4 is 16.0 Å². The largest absolute Gasteiger partial charge is 0.357 e. The average Bonchev–Trinajstić information content (AvgIpc) is 2.43. The Morgan fingerprint density at radius 1 is 1.04 bits per heavy atom. The molecular formula is C16H36N4O2S. The third-order valence-electron chi connectivity index (χ3n) is 3.48. The Morgan fingerprint density at radius 2 is 1.74 bits per heavy atom. The van der Waals surface area contributed by atoms with Gasteiger partial charge in [-0.2, -0.15) is 0 Å². The molecule has 23 heavy (non-hydrogen) atoms. The van der Waals surface area contributed by atoms with Crippen LogP contribution >= 0.6 is 0 Å². The number of sulfonamides is 1. The summed E-state index contributed by atoms with van der Waals surface area (Å²) in [5, 5.41) is 6.48. The minimum absolute atomic E-state index is 0.204. The monoisotopic (exact) mass is 348 g/mol. The van der Waals surface area contributed by atoms with Gasteiger partial charge in [-0.15, -0.1) is 0 Å². The number of nitrogens with one attached hydrogen (secondary N) is 3. The highest BCUT2D eigenvalue weighted by atomic mass is 32.2. The van der Waals surface area contributed by atoms with E-state index in [9.17, 15) is 8.42 Å². The van der Waals surface area contributed by atoms with Gasteiger partial charge in [-0.05, 0) is 25.2 Å². The van der Waals surface area contributed by atoms with Gasteiger partial charge in [0.05, 0.1) is 6.26 Å². The quantitative estimate of drug-likeness (QED) is 0.286. The van der Waals surface area contributed by atoms with Crippen LogP contribution in [0.5, 0.6) is 0 Å². The Morgan fingerprint density at radius 3 is 2.30 bits per heavy atom. The molecule has 0 saturated heterocycles. The van der Waals surface area contributed by atoms with Crippen LogP contribution in [0, 0.1) is 5.41 Å². The molecule has 0 aliphatic rings. The molecule has 0 atom stereocenters. The van der Waals surface area contributed by atoms with Crippen molar-refractivity contribution in [3.8, 4) is 0 Å². The van der Waals surface area contributed by atoms with Gasteiger partial charge in [0.2, 0.25) is 10.0 Å². The highest BCUT2D eigenvalue weighted by Gasteiger charge is 2.17. The predicted octanol–water partition coefficient (Wildman–Crippen LogP) is 2.09. The highest BCUT2D eigenvalue weighted by molar-refractivity contribution is 7.88. The molecule has 0 unspecified atom stereocenters. The van der Waals surface area contributed by atoms with E-state index in [1.807, 2.05) is 6.92 Å². The van der Waals surface area contributed by atoms with Crippen molar-refractivity contribution in [3.63, 3.8) is 0 Å². The molecule has 0 aliphatic heterocycles. The first-order chi connectivity index (χ1) is 10.7. The molecule has 0 amide bonds. The third-order valence-corrected chi connectivity index (χ3v) is 4.21. The molecular weight excluding hydrogens is 312 g/mol. The van der Waals surface area contributed by atoms with E-state index in [0.29, 0.717) is 13.1 Å². The van der Waals surface area contributed by atoms with Gasteiger partial charge in [-0.3, -0.25) is 4.99 Å². The van der Waals surface area contributed by atoms with Crippen molar-refractivity contribution in [3.05, 3.63) is 0 Å². The molecule has 0 aromatic carbocycles. The van der Waals surface area contributed by atoms with Crippen LogP contribution in [0.1, 0.15) is 59.8 Å². The average molecular weight is 349 g/mol. The van der Waals surface area contributed by atoms with E-state index in [-0.39, 0.29) is 5.41 Å². The van der Waals surface area contributed by atoms with Crippen molar-refractivity contribution < 1.29 is 8.42 Å². The lowest BCUT2D eigenvalue weighted by Gasteiger charge is -2.23. The maximum absolute atomic E-state index is 11.0. The summed E-state index contributed by atoms with van der Waals surface area (Å²) in [5.41, 5.74) is 0.204. The molecule has 0 heterocycles. The molecule has 7 heteroatoms. The van der Waals surface area contributed by atoms with Gasteiger partial charge in [0.1, 0.15) is 0 Å². The van der Waals surface area contributed by atoms with Crippen LogP contribution in [0.2, 0.25) is 0 Å². The first-order valence-corrected chi connectivity index (χ1v) is 10.6. The second-order valence-electron chi connectivity index (χ2n) is 6.76. The zero-order valence-electron chi connectivity index (χ0n) is 15.5. The van der Waals surface area contributed by atoms with Gasteiger partial charge in [-0.25, -0.2) is 13.1 Å². The van der Waals surface area contributed by atoms with Crippen molar-refractivity contribution in [2.45, 2.75) is 59.8 Å². The van der Waals surface area contributed by atoms with Crippen molar-refractivity contribution in [1.29, 1.82) is 0 Å². The van der Waals surface area contributed by atoms with Crippen LogP contribution in [-0.4, -0.2) is 46.8 Å². The smallest absolute Gasteiger partial charge is 0.208 e. The van der Waals surface area contributed by atoms with E-state index < -0.39 is 10.0 Å². The SMILES string of the molecule is CCCCCC(C)(C)CN=C(NCC)NCCCNS(C)(=O)=O. The highest BCUT2D eigenvalue weighted by Crippen LogP contribution is 2.23. The van der Waals surface area contributed by atoms with Crippen LogP contribution in [0.15, 0.2) is 4.99 Å². The Labute approximate surface area is 143 Å². The van der Waals surface area contributed by atoms with Gasteiger partial charge in [0, 0.05) is 26.2 Å². The summed E-state index contributed by atoms with van der Waals surface area (Å²) in [6.07, 6.45) is 6.84. The van der Waals surface area contributed by atoms with Crippen molar-refractivity contribution in [2.24, 2.45) is 10.4 Å². The number of aliphatic imine (C=N–C) groups is 1. The maximum Gasteiger partial charge on any atom is 0.208 e. The number of hydrogen-bond acceptors (Lipinski definition) is 3. The normalized spacial score (nSPS) is 13.2. The van der Waals surface area contributed by atoms with Gasteiger partial charge in [-0.1, -0.05) is 40.0 Å². The predicted molar refractivity (Wildman–Crippen MR) is 99.4 cm³/mol. The fraction of sp³-hybridized carbons (Fsp3) is 0.938. The van der Waals surface area contributed by atoms with E-state index in [1.54, 1.807) is 0 Å². The summed E-state index contributed by atoms with van der Waals surface area (Å²) in [6.45, 7) is 11.5. The van der Waals surface area contributed by atoms with Gasteiger partial charge in [0.25, 0.3) is 0 Å². The van der Waals surface area contributed by atoms with E-state index in [4.69, 9.17) is 0 Å². The first kappa shape index (κ1) is 22.2. The molecule has 0 bridgehead atoms. The summed E-state index contributed by atoms with van der Waals surface area (Å²) in [7, 11) is -3.10. The molecule has 0 spiro atoms. The Bertz CT molecular complexity index is 433. The number of nitrogens with zero attached hydrogens (tertiary/aromatic N) is 1. The van der Waals surface area contributed by atoms with Gasteiger partial charge in [0.15, 0.2) is 5.96 Å². The first-order valence-electron chi connectivity index (χ1n) is 8.67. The minimum Gasteiger partial charge on any atom is -0.357 e. The van der Waals surface area contributed by atoms with Crippen LogP contribution in [0.25, 0.3) is 0 Å². The fourth-order valence-corrected chi connectivity index (χ4v) is 2.64. The second-order valence-corrected chi connectivity index (χ2v) is 8.60. The van der Waals surface area contributed by atoms with Crippen LogP contribution in [0.3, 0.4) is 0 Å². The van der Waals surface area contributed by atoms with Gasteiger partial charge >= 0.3 is 0 Å². The summed E-state index contributed by atoms with van der Waals surface area (Å²) in [6, 6.07) is 0.